The first-order valence-corrected chi connectivity index (χ1v) is 7.67. The van der Waals surface area contributed by atoms with Crippen LogP contribution in [0.2, 0.25) is 0 Å². The lowest BCUT2D eigenvalue weighted by Gasteiger charge is -2.13. The molecule has 2 heterocycles. The molecule has 6 heteroatoms. The van der Waals surface area contributed by atoms with E-state index in [2.05, 4.69) is 10.6 Å². The van der Waals surface area contributed by atoms with Crippen LogP contribution in [0.3, 0.4) is 0 Å². The van der Waals surface area contributed by atoms with Crippen molar-refractivity contribution in [1.29, 1.82) is 0 Å². The highest BCUT2D eigenvalue weighted by molar-refractivity contribution is 5.97. The average Bonchev–Trinajstić information content (AvgIpc) is 3.21. The van der Waals surface area contributed by atoms with Crippen molar-refractivity contribution in [2.24, 2.45) is 0 Å². The van der Waals surface area contributed by atoms with Gasteiger partial charge in [0.05, 0.1) is 0 Å². The quantitative estimate of drug-likeness (QED) is 0.891. The zero-order valence-electron chi connectivity index (χ0n) is 12.3. The number of carbonyl (C=O) groups excluding carboxylic acids is 2. The molecule has 1 aromatic carbocycles. The molecule has 2 fully saturated rings. The van der Waals surface area contributed by atoms with Crippen LogP contribution >= 0.6 is 0 Å². The van der Waals surface area contributed by atoms with Crippen LogP contribution in [-0.2, 0) is 19.1 Å². The fourth-order valence-electron chi connectivity index (χ4n) is 2.69. The van der Waals surface area contributed by atoms with Gasteiger partial charge in [0, 0.05) is 24.6 Å². The average molecular weight is 304 g/mol. The summed E-state index contributed by atoms with van der Waals surface area (Å²) in [6, 6.07) is 7.10. The van der Waals surface area contributed by atoms with Gasteiger partial charge in [-0.2, -0.15) is 0 Å². The molecule has 0 aromatic heterocycles. The Labute approximate surface area is 129 Å². The molecule has 1 aromatic rings. The lowest BCUT2D eigenvalue weighted by atomic mass is 10.2. The van der Waals surface area contributed by atoms with E-state index < -0.39 is 0 Å². The molecule has 2 saturated heterocycles. The summed E-state index contributed by atoms with van der Waals surface area (Å²) in [5.74, 6) is -0.278. The third-order valence-corrected chi connectivity index (χ3v) is 3.84. The maximum absolute atomic E-state index is 12.0. The molecular weight excluding hydrogens is 284 g/mol. The normalized spacial score (nSPS) is 24.2. The minimum atomic E-state index is -0.370. The molecule has 0 bridgehead atoms. The monoisotopic (exact) mass is 304 g/mol. The molecule has 0 aliphatic carbocycles. The van der Waals surface area contributed by atoms with Gasteiger partial charge in [-0.1, -0.05) is 6.07 Å². The van der Waals surface area contributed by atoms with Crippen LogP contribution in [0.4, 0.5) is 11.4 Å². The van der Waals surface area contributed by atoms with Gasteiger partial charge in [0.1, 0.15) is 12.2 Å². The van der Waals surface area contributed by atoms with Gasteiger partial charge < -0.3 is 20.1 Å². The fourth-order valence-corrected chi connectivity index (χ4v) is 2.69. The molecule has 0 radical (unpaired) electrons. The van der Waals surface area contributed by atoms with Gasteiger partial charge in [0.25, 0.3) is 11.8 Å². The Kier molecular flexibility index (Phi) is 4.70. The number of anilines is 2. The molecule has 6 nitrogen and oxygen atoms in total. The minimum absolute atomic E-state index is 0.139. The third kappa shape index (κ3) is 3.64. The molecule has 0 spiro atoms. The summed E-state index contributed by atoms with van der Waals surface area (Å²) < 4.78 is 10.7. The maximum Gasteiger partial charge on any atom is 0.253 e. The second kappa shape index (κ2) is 6.89. The van der Waals surface area contributed by atoms with Crippen molar-refractivity contribution in [3.63, 3.8) is 0 Å². The Balaban J connectivity index is 1.59. The minimum Gasteiger partial charge on any atom is -0.368 e. The second-order valence-corrected chi connectivity index (χ2v) is 5.56. The van der Waals surface area contributed by atoms with Crippen molar-refractivity contribution in [1.82, 2.24) is 0 Å². The van der Waals surface area contributed by atoms with E-state index >= 15 is 0 Å². The van der Waals surface area contributed by atoms with Crippen LogP contribution in [0.25, 0.3) is 0 Å². The van der Waals surface area contributed by atoms with Gasteiger partial charge in [0.2, 0.25) is 0 Å². The fraction of sp³-hybridized carbons (Fsp3) is 0.500. The molecule has 2 aliphatic rings. The Morgan fingerprint density at radius 2 is 1.41 bits per heavy atom. The molecule has 2 N–H and O–H groups in total. The van der Waals surface area contributed by atoms with Gasteiger partial charge in [-0.05, 0) is 43.9 Å². The molecule has 118 valence electrons. The van der Waals surface area contributed by atoms with Gasteiger partial charge in [-0.25, -0.2) is 0 Å². The smallest absolute Gasteiger partial charge is 0.253 e. The van der Waals surface area contributed by atoms with Crippen LogP contribution in [0.15, 0.2) is 24.3 Å². The number of amides is 2. The zero-order chi connectivity index (χ0) is 15.4. The molecular formula is C16H20N2O4. The summed E-state index contributed by atoms with van der Waals surface area (Å²) in [7, 11) is 0. The summed E-state index contributed by atoms with van der Waals surface area (Å²) in [6.45, 7) is 1.27. The second-order valence-electron chi connectivity index (χ2n) is 5.56. The first-order valence-electron chi connectivity index (χ1n) is 7.67. The SMILES string of the molecule is O=C(Nc1cccc(NC(=O)[C@H]2CCCO2)c1)[C@@H]1CCCO1. The first kappa shape index (κ1) is 15.0. The molecule has 2 atom stereocenters. The highest BCUT2D eigenvalue weighted by atomic mass is 16.5. The van der Waals surface area contributed by atoms with Gasteiger partial charge >= 0.3 is 0 Å². The van der Waals surface area contributed by atoms with E-state index in [1.54, 1.807) is 24.3 Å². The number of benzene rings is 1. The third-order valence-electron chi connectivity index (χ3n) is 3.84. The molecule has 3 rings (SSSR count). The predicted octanol–water partition coefficient (Wildman–Crippen LogP) is 1.92. The van der Waals surface area contributed by atoms with Crippen molar-refractivity contribution in [3.05, 3.63) is 24.3 Å². The topological polar surface area (TPSA) is 76.7 Å². The van der Waals surface area contributed by atoms with Crippen LogP contribution in [-0.4, -0.2) is 37.2 Å². The summed E-state index contributed by atoms with van der Waals surface area (Å²) in [5, 5.41) is 5.64. The number of hydrogen-bond acceptors (Lipinski definition) is 4. The van der Waals surface area contributed by atoms with Gasteiger partial charge in [-0.3, -0.25) is 9.59 Å². The number of carbonyl (C=O) groups is 2. The molecule has 0 unspecified atom stereocenters. The number of nitrogens with one attached hydrogen (secondary N) is 2. The lowest BCUT2D eigenvalue weighted by Crippen LogP contribution is -2.28. The standard InChI is InChI=1S/C16H20N2O4/c19-15(13-6-2-8-21-13)17-11-4-1-5-12(10-11)18-16(20)14-7-3-9-22-14/h1,4-5,10,13-14H,2-3,6-9H2,(H,17,19)(H,18,20)/t13-,14+. The first-order chi connectivity index (χ1) is 10.7. The van der Waals surface area contributed by atoms with Gasteiger partial charge in [-0.15, -0.1) is 0 Å². The Morgan fingerprint density at radius 1 is 0.909 bits per heavy atom. The van der Waals surface area contributed by atoms with E-state index in [1.165, 1.54) is 0 Å². The molecule has 2 amide bonds. The predicted molar refractivity (Wildman–Crippen MR) is 81.6 cm³/mol. The zero-order valence-corrected chi connectivity index (χ0v) is 12.3. The molecule has 22 heavy (non-hydrogen) atoms. The van der Waals surface area contributed by atoms with Crippen molar-refractivity contribution in [3.8, 4) is 0 Å². The van der Waals surface area contributed by atoms with Crippen LogP contribution in [0, 0.1) is 0 Å². The molecule has 0 saturated carbocycles. The van der Waals surface area contributed by atoms with Crippen molar-refractivity contribution < 1.29 is 19.1 Å². The largest absolute Gasteiger partial charge is 0.368 e. The maximum atomic E-state index is 12.0. The Hall–Kier alpha value is -1.92. The van der Waals surface area contributed by atoms with E-state index in [4.69, 9.17) is 9.47 Å². The van der Waals surface area contributed by atoms with Crippen LogP contribution < -0.4 is 10.6 Å². The van der Waals surface area contributed by atoms with E-state index in [1.807, 2.05) is 0 Å². The number of ether oxygens (including phenoxy) is 2. The highest BCUT2D eigenvalue weighted by Crippen LogP contribution is 2.20. The molecule has 2 aliphatic heterocycles. The van der Waals surface area contributed by atoms with E-state index in [-0.39, 0.29) is 24.0 Å². The lowest BCUT2D eigenvalue weighted by molar-refractivity contribution is -0.125. The van der Waals surface area contributed by atoms with Crippen molar-refractivity contribution >= 4 is 23.2 Å². The van der Waals surface area contributed by atoms with Gasteiger partial charge in [0.15, 0.2) is 0 Å². The van der Waals surface area contributed by atoms with Crippen LogP contribution in [0.5, 0.6) is 0 Å². The van der Waals surface area contributed by atoms with E-state index in [0.29, 0.717) is 24.6 Å². The summed E-state index contributed by atoms with van der Waals surface area (Å²) in [5.41, 5.74) is 1.29. The Bertz CT molecular complexity index is 504. The number of hydrogen-bond donors (Lipinski definition) is 2. The van der Waals surface area contributed by atoms with Crippen molar-refractivity contribution in [2.75, 3.05) is 23.8 Å². The summed E-state index contributed by atoms with van der Waals surface area (Å²) >= 11 is 0. The Morgan fingerprint density at radius 3 is 1.82 bits per heavy atom. The van der Waals surface area contributed by atoms with Crippen LogP contribution in [0.1, 0.15) is 25.7 Å². The van der Waals surface area contributed by atoms with E-state index in [0.717, 1.165) is 25.7 Å². The summed E-state index contributed by atoms with van der Waals surface area (Å²) in [4.78, 5) is 24.0. The highest BCUT2D eigenvalue weighted by Gasteiger charge is 2.25. The number of rotatable bonds is 4. The van der Waals surface area contributed by atoms with Crippen molar-refractivity contribution in [2.45, 2.75) is 37.9 Å². The van der Waals surface area contributed by atoms with E-state index in [9.17, 15) is 9.59 Å². The summed E-state index contributed by atoms with van der Waals surface area (Å²) in [6.07, 6.45) is 2.59.